The van der Waals surface area contributed by atoms with Gasteiger partial charge in [0.1, 0.15) is 0 Å². The van der Waals surface area contributed by atoms with Gasteiger partial charge in [0, 0.05) is 0 Å². The first kappa shape index (κ1) is 37.6. The van der Waals surface area contributed by atoms with E-state index in [-0.39, 0.29) is 37.9 Å². The molecular weight excluding hydrogens is 516 g/mol. The Morgan fingerprint density at radius 2 is 0.651 bits per heavy atom. The third kappa shape index (κ3) is 8.79. The molecule has 0 saturated carbocycles. The Hall–Kier alpha value is -1.56. The Morgan fingerprint density at radius 1 is 0.326 bits per heavy atom. The molecule has 0 nitrogen and oxygen atoms in total. The van der Waals surface area contributed by atoms with Gasteiger partial charge in [-0.25, -0.2) is 0 Å². The van der Waals surface area contributed by atoms with Crippen LogP contribution in [0.5, 0.6) is 0 Å². The Balaban J connectivity index is 2.84. The first-order valence-corrected chi connectivity index (χ1v) is 17.2. The van der Waals surface area contributed by atoms with Crippen LogP contribution >= 0.6 is 0 Å². The fourth-order valence-electron chi connectivity index (χ4n) is 7.16. The molecule has 0 heterocycles. The lowest BCUT2D eigenvalue weighted by atomic mass is 9.64. The van der Waals surface area contributed by atoms with Crippen molar-refractivity contribution in [3.05, 3.63) is 68.3 Å². The van der Waals surface area contributed by atoms with Crippen LogP contribution in [0, 0.1) is 0 Å². The molecule has 2 aromatic carbocycles. The quantitative estimate of drug-likeness (QED) is 0.333. The Labute approximate surface area is 270 Å². The first-order chi connectivity index (χ1) is 18.8. The molecule has 0 radical (unpaired) electrons. The monoisotopic (exact) mass is 589 g/mol. The summed E-state index contributed by atoms with van der Waals surface area (Å²) in [6.07, 6.45) is 3.38. The van der Waals surface area contributed by atoms with Gasteiger partial charge in [0.2, 0.25) is 0 Å². The van der Waals surface area contributed by atoms with Crippen molar-refractivity contribution < 1.29 is 0 Å². The van der Waals surface area contributed by atoms with Crippen LogP contribution in [-0.4, -0.2) is 0 Å². The molecule has 43 heavy (non-hydrogen) atoms. The highest BCUT2D eigenvalue weighted by molar-refractivity contribution is 5.56. The fourth-order valence-corrected chi connectivity index (χ4v) is 7.16. The van der Waals surface area contributed by atoms with Crippen LogP contribution < -0.4 is 0 Å². The molecule has 0 amide bonds. The van der Waals surface area contributed by atoms with Crippen molar-refractivity contribution in [1.29, 1.82) is 0 Å². The van der Waals surface area contributed by atoms with E-state index in [1.165, 1.54) is 22.3 Å². The van der Waals surface area contributed by atoms with Crippen LogP contribution in [0.4, 0.5) is 0 Å². The molecule has 0 fully saturated rings. The molecule has 0 aliphatic heterocycles. The van der Waals surface area contributed by atoms with E-state index in [1.807, 2.05) is 0 Å². The smallest absolute Gasteiger partial charge is 0.0126 e. The minimum atomic E-state index is 0.0619. The van der Waals surface area contributed by atoms with E-state index in [0.29, 0.717) is 0 Å². The molecule has 0 saturated heterocycles. The molecule has 0 spiro atoms. The van der Waals surface area contributed by atoms with E-state index >= 15 is 0 Å². The van der Waals surface area contributed by atoms with Crippen molar-refractivity contribution in [1.82, 2.24) is 0 Å². The average molecular weight is 589 g/mol. The summed E-state index contributed by atoms with van der Waals surface area (Å²) in [5.74, 6) is 0. The SMILES string of the molecule is CC(C)(C)c1cc(C(C)(C)C)c(C(C)(C)C)c(C(C)(C)C)c1CCCc1cc(C(C)(C)C)c(C(C)(C)C)c(C(C)(C)C)c1. The van der Waals surface area contributed by atoms with Crippen LogP contribution in [0.1, 0.15) is 202 Å². The third-order valence-electron chi connectivity index (χ3n) is 9.01. The Bertz CT molecular complexity index is 1240. The maximum atomic E-state index is 2.61. The largest absolute Gasteiger partial charge is 0.0561 e. The summed E-state index contributed by atoms with van der Waals surface area (Å²) >= 11 is 0. The molecule has 0 N–H and O–H groups in total. The van der Waals surface area contributed by atoms with Crippen molar-refractivity contribution in [3.8, 4) is 0 Å². The average Bonchev–Trinajstić information content (AvgIpc) is 2.73. The van der Waals surface area contributed by atoms with Crippen LogP contribution in [0.3, 0.4) is 0 Å². The van der Waals surface area contributed by atoms with Gasteiger partial charge in [0.25, 0.3) is 0 Å². The zero-order valence-corrected chi connectivity index (χ0v) is 32.9. The minimum absolute atomic E-state index is 0.0619. The van der Waals surface area contributed by atoms with E-state index in [2.05, 4.69) is 164 Å². The molecule has 2 aromatic rings. The van der Waals surface area contributed by atoms with Crippen LogP contribution in [0.15, 0.2) is 18.2 Å². The lowest BCUT2D eigenvalue weighted by molar-refractivity contribution is 0.483. The lowest BCUT2D eigenvalue weighted by Crippen LogP contribution is -2.32. The first-order valence-electron chi connectivity index (χ1n) is 17.2. The van der Waals surface area contributed by atoms with Crippen molar-refractivity contribution in [2.45, 2.75) is 203 Å². The topological polar surface area (TPSA) is 0 Å². The predicted molar refractivity (Wildman–Crippen MR) is 196 cm³/mol. The van der Waals surface area contributed by atoms with Crippen LogP contribution in [-0.2, 0) is 50.7 Å². The van der Waals surface area contributed by atoms with Gasteiger partial charge in [-0.15, -0.1) is 0 Å². The summed E-state index contributed by atoms with van der Waals surface area (Å²) in [6, 6.07) is 7.74. The van der Waals surface area contributed by atoms with Crippen molar-refractivity contribution >= 4 is 0 Å². The van der Waals surface area contributed by atoms with Gasteiger partial charge < -0.3 is 0 Å². The predicted octanol–water partition coefficient (Wildman–Crippen LogP) is 12.9. The summed E-state index contributed by atoms with van der Waals surface area (Å²) in [5.41, 5.74) is 14.6. The number of rotatable bonds is 4. The van der Waals surface area contributed by atoms with Gasteiger partial charge >= 0.3 is 0 Å². The van der Waals surface area contributed by atoms with Gasteiger partial charge in [0.15, 0.2) is 0 Å². The lowest BCUT2D eigenvalue weighted by Gasteiger charge is -2.41. The van der Waals surface area contributed by atoms with E-state index in [9.17, 15) is 0 Å². The summed E-state index contributed by atoms with van der Waals surface area (Å²) in [6.45, 7) is 50.6. The summed E-state index contributed by atoms with van der Waals surface area (Å²) in [5, 5.41) is 0. The molecule has 244 valence electrons. The highest BCUT2D eigenvalue weighted by Crippen LogP contribution is 2.47. The molecule has 0 atom stereocenters. The van der Waals surface area contributed by atoms with Crippen molar-refractivity contribution in [2.24, 2.45) is 0 Å². The second-order valence-corrected chi connectivity index (χ2v) is 20.9. The standard InChI is InChI=1S/C43H72/c1-37(2,3)30-27-33(40(10,11)12)36(43(19,20)21)34(41(13,14)15)29(30)24-22-23-28-25-31(38(4,5)6)35(42(16,17)18)32(26-28)39(7,8)9/h25-27H,22-24H2,1-21H3. The molecule has 0 heteroatoms. The Kier molecular flexibility index (Phi) is 10.2. The normalized spacial score (nSPS) is 14.4. The van der Waals surface area contributed by atoms with Gasteiger partial charge in [-0.05, 0) is 107 Å². The molecular formula is C43H72. The molecule has 0 aliphatic rings. The number of benzene rings is 2. The van der Waals surface area contributed by atoms with E-state index in [1.54, 1.807) is 27.8 Å². The number of aryl methyl sites for hydroxylation is 1. The van der Waals surface area contributed by atoms with E-state index < -0.39 is 0 Å². The second-order valence-electron chi connectivity index (χ2n) is 20.9. The zero-order chi connectivity index (χ0) is 33.9. The molecule has 0 aliphatic carbocycles. The van der Waals surface area contributed by atoms with Crippen LogP contribution in [0.2, 0.25) is 0 Å². The minimum Gasteiger partial charge on any atom is -0.0561 e. The number of hydrogen-bond donors (Lipinski definition) is 0. The highest BCUT2D eigenvalue weighted by Gasteiger charge is 2.37. The molecule has 0 unspecified atom stereocenters. The molecule has 0 aromatic heterocycles. The third-order valence-corrected chi connectivity index (χ3v) is 9.01. The summed E-state index contributed by atoms with van der Waals surface area (Å²) < 4.78 is 0. The van der Waals surface area contributed by atoms with Crippen molar-refractivity contribution in [3.63, 3.8) is 0 Å². The second kappa shape index (κ2) is 11.7. The van der Waals surface area contributed by atoms with Crippen LogP contribution in [0.25, 0.3) is 0 Å². The Morgan fingerprint density at radius 3 is 0.953 bits per heavy atom. The molecule has 0 bridgehead atoms. The van der Waals surface area contributed by atoms with E-state index in [0.717, 1.165) is 19.3 Å². The maximum absolute atomic E-state index is 2.61. The number of hydrogen-bond acceptors (Lipinski definition) is 0. The van der Waals surface area contributed by atoms with Gasteiger partial charge in [0.05, 0.1) is 0 Å². The van der Waals surface area contributed by atoms with Gasteiger partial charge in [-0.1, -0.05) is 164 Å². The fraction of sp³-hybridized carbons (Fsp3) is 0.721. The zero-order valence-electron chi connectivity index (χ0n) is 32.9. The highest BCUT2D eigenvalue weighted by atomic mass is 14.4. The maximum Gasteiger partial charge on any atom is -0.0126 e. The van der Waals surface area contributed by atoms with Crippen molar-refractivity contribution in [2.75, 3.05) is 0 Å². The summed E-state index contributed by atoms with van der Waals surface area (Å²) in [7, 11) is 0. The van der Waals surface area contributed by atoms with Gasteiger partial charge in [-0.2, -0.15) is 0 Å². The molecule has 2 rings (SSSR count). The van der Waals surface area contributed by atoms with E-state index in [4.69, 9.17) is 0 Å². The summed E-state index contributed by atoms with van der Waals surface area (Å²) in [4.78, 5) is 0. The van der Waals surface area contributed by atoms with Gasteiger partial charge in [-0.3, -0.25) is 0 Å².